The third-order valence-electron chi connectivity index (χ3n) is 4.79. The van der Waals surface area contributed by atoms with Gasteiger partial charge in [0.15, 0.2) is 11.5 Å². The van der Waals surface area contributed by atoms with E-state index in [2.05, 4.69) is 18.2 Å². The monoisotopic (exact) mass is 439 g/mol. The topological polar surface area (TPSA) is 55.8 Å². The molecule has 2 amide bonds. The van der Waals surface area contributed by atoms with Crippen molar-refractivity contribution in [3.63, 3.8) is 0 Å². The summed E-state index contributed by atoms with van der Waals surface area (Å²) in [4.78, 5) is 25.2. The van der Waals surface area contributed by atoms with Crippen LogP contribution in [-0.4, -0.2) is 30.2 Å². The fourth-order valence-corrected chi connectivity index (χ4v) is 4.33. The Labute approximate surface area is 183 Å². The van der Waals surface area contributed by atoms with Gasteiger partial charge in [-0.1, -0.05) is 54.1 Å². The standard InChI is InChI=1S/C23H18ClNO4S/c1-25-22(26)20(30-23(25)27)12-14-10-18(24)21(19(11-14)28-2)29-13-16-8-5-7-15-6-3-4-9-17(15)16/h3-12H,13H2,1-2H3/b20-12-. The van der Waals surface area contributed by atoms with Crippen molar-refractivity contribution in [3.05, 3.63) is 75.7 Å². The van der Waals surface area contributed by atoms with E-state index in [1.807, 2.05) is 24.3 Å². The Balaban J connectivity index is 1.62. The minimum atomic E-state index is -0.337. The van der Waals surface area contributed by atoms with Crippen molar-refractivity contribution in [2.45, 2.75) is 6.61 Å². The number of likely N-dealkylation sites (N-methyl/N-ethyl adjacent to an activating group) is 1. The van der Waals surface area contributed by atoms with Crippen molar-refractivity contribution < 1.29 is 19.1 Å². The van der Waals surface area contributed by atoms with Gasteiger partial charge in [-0.25, -0.2) is 0 Å². The second-order valence-electron chi connectivity index (χ2n) is 6.70. The minimum absolute atomic E-state index is 0.306. The Morgan fingerprint density at radius 1 is 1.10 bits per heavy atom. The van der Waals surface area contributed by atoms with Crippen LogP contribution in [0.3, 0.4) is 0 Å². The first-order valence-corrected chi connectivity index (χ1v) is 10.4. The highest BCUT2D eigenvalue weighted by molar-refractivity contribution is 8.18. The van der Waals surface area contributed by atoms with Crippen molar-refractivity contribution in [3.8, 4) is 11.5 Å². The van der Waals surface area contributed by atoms with Gasteiger partial charge in [-0.2, -0.15) is 0 Å². The molecule has 1 heterocycles. The highest BCUT2D eigenvalue weighted by atomic mass is 35.5. The molecule has 1 aliphatic rings. The fourth-order valence-electron chi connectivity index (χ4n) is 3.23. The summed E-state index contributed by atoms with van der Waals surface area (Å²) in [5.41, 5.74) is 1.68. The van der Waals surface area contributed by atoms with E-state index in [9.17, 15) is 9.59 Å². The molecule has 1 aliphatic heterocycles. The van der Waals surface area contributed by atoms with E-state index in [-0.39, 0.29) is 11.1 Å². The van der Waals surface area contributed by atoms with Crippen LogP contribution in [0.2, 0.25) is 5.02 Å². The van der Waals surface area contributed by atoms with Crippen LogP contribution in [-0.2, 0) is 11.4 Å². The summed E-state index contributed by atoms with van der Waals surface area (Å²) in [5.74, 6) is 0.536. The van der Waals surface area contributed by atoms with Crippen LogP contribution in [0.15, 0.2) is 59.5 Å². The van der Waals surface area contributed by atoms with Crippen LogP contribution in [0, 0.1) is 0 Å². The number of halogens is 1. The molecule has 0 atom stereocenters. The van der Waals surface area contributed by atoms with Crippen LogP contribution in [0.25, 0.3) is 16.8 Å². The molecule has 3 aromatic carbocycles. The van der Waals surface area contributed by atoms with E-state index in [0.717, 1.165) is 33.0 Å². The minimum Gasteiger partial charge on any atom is -0.493 e. The number of carbonyl (C=O) groups is 2. The molecule has 0 N–H and O–H groups in total. The number of thioether (sulfide) groups is 1. The SMILES string of the molecule is COc1cc(/C=C2\SC(=O)N(C)C2=O)cc(Cl)c1OCc1cccc2ccccc12. The van der Waals surface area contributed by atoms with Crippen LogP contribution < -0.4 is 9.47 Å². The summed E-state index contributed by atoms with van der Waals surface area (Å²) in [5, 5.41) is 2.30. The van der Waals surface area contributed by atoms with Crippen molar-refractivity contribution >= 4 is 51.4 Å². The maximum absolute atomic E-state index is 12.1. The number of rotatable bonds is 5. The lowest BCUT2D eigenvalue weighted by Crippen LogP contribution is -2.22. The molecule has 1 saturated heterocycles. The lowest BCUT2D eigenvalue weighted by atomic mass is 10.1. The van der Waals surface area contributed by atoms with Gasteiger partial charge in [0.05, 0.1) is 17.0 Å². The Morgan fingerprint density at radius 3 is 2.60 bits per heavy atom. The van der Waals surface area contributed by atoms with Gasteiger partial charge < -0.3 is 9.47 Å². The second-order valence-corrected chi connectivity index (χ2v) is 8.10. The summed E-state index contributed by atoms with van der Waals surface area (Å²) in [7, 11) is 2.98. The van der Waals surface area contributed by atoms with E-state index in [1.54, 1.807) is 18.2 Å². The van der Waals surface area contributed by atoms with E-state index >= 15 is 0 Å². The van der Waals surface area contributed by atoms with E-state index in [0.29, 0.717) is 33.6 Å². The summed E-state index contributed by atoms with van der Waals surface area (Å²) in [6, 6.07) is 17.6. The number of carbonyl (C=O) groups excluding carboxylic acids is 2. The average molecular weight is 440 g/mol. The maximum Gasteiger partial charge on any atom is 0.293 e. The second kappa shape index (κ2) is 8.42. The molecule has 0 saturated carbocycles. The molecule has 0 aromatic heterocycles. The zero-order chi connectivity index (χ0) is 21.3. The van der Waals surface area contributed by atoms with Crippen LogP contribution in [0.5, 0.6) is 11.5 Å². The van der Waals surface area contributed by atoms with Crippen molar-refractivity contribution in [2.24, 2.45) is 0 Å². The van der Waals surface area contributed by atoms with Crippen LogP contribution in [0.1, 0.15) is 11.1 Å². The van der Waals surface area contributed by atoms with Gasteiger partial charge in [0, 0.05) is 7.05 Å². The normalized spacial score (nSPS) is 15.3. The summed E-state index contributed by atoms with van der Waals surface area (Å²) in [6.07, 6.45) is 1.62. The van der Waals surface area contributed by atoms with Crippen LogP contribution >= 0.6 is 23.4 Å². The third kappa shape index (κ3) is 3.88. The molecule has 7 heteroatoms. The Hall–Kier alpha value is -2.96. The first-order chi connectivity index (χ1) is 14.5. The smallest absolute Gasteiger partial charge is 0.293 e. The molecule has 5 nitrogen and oxygen atoms in total. The fraction of sp³-hybridized carbons (Fsp3) is 0.130. The van der Waals surface area contributed by atoms with E-state index < -0.39 is 0 Å². The first-order valence-electron chi connectivity index (χ1n) is 9.16. The van der Waals surface area contributed by atoms with Gasteiger partial charge in [-0.15, -0.1) is 0 Å². The molecule has 30 heavy (non-hydrogen) atoms. The molecule has 3 aromatic rings. The lowest BCUT2D eigenvalue weighted by molar-refractivity contribution is -0.121. The number of methoxy groups -OCH3 is 1. The first kappa shape index (κ1) is 20.3. The maximum atomic E-state index is 12.1. The van der Waals surface area contributed by atoms with Gasteiger partial charge >= 0.3 is 0 Å². The van der Waals surface area contributed by atoms with Gasteiger partial charge in [0.1, 0.15) is 6.61 Å². The molecule has 4 rings (SSSR count). The van der Waals surface area contributed by atoms with E-state index in [1.165, 1.54) is 14.2 Å². The van der Waals surface area contributed by atoms with Gasteiger partial charge in [0.25, 0.3) is 11.1 Å². The molecule has 1 fully saturated rings. The number of hydrogen-bond acceptors (Lipinski definition) is 5. The highest BCUT2D eigenvalue weighted by Gasteiger charge is 2.31. The van der Waals surface area contributed by atoms with Crippen molar-refractivity contribution in [2.75, 3.05) is 14.2 Å². The summed E-state index contributed by atoms with van der Waals surface area (Å²) >= 11 is 7.37. The van der Waals surface area contributed by atoms with E-state index in [4.69, 9.17) is 21.1 Å². The average Bonchev–Trinajstić information content (AvgIpc) is 2.99. The molecule has 0 bridgehead atoms. The number of amides is 2. The predicted octanol–water partition coefficient (Wildman–Crippen LogP) is 5.75. The molecular weight excluding hydrogens is 422 g/mol. The number of fused-ring (bicyclic) bond motifs is 1. The zero-order valence-corrected chi connectivity index (χ0v) is 17.9. The molecule has 152 valence electrons. The van der Waals surface area contributed by atoms with Gasteiger partial charge in [-0.3, -0.25) is 14.5 Å². The number of nitrogens with zero attached hydrogens (tertiary/aromatic N) is 1. The molecular formula is C23H18ClNO4S. The lowest BCUT2D eigenvalue weighted by Gasteiger charge is -2.14. The van der Waals surface area contributed by atoms with Gasteiger partial charge in [-0.05, 0) is 51.9 Å². The summed E-state index contributed by atoms with van der Waals surface area (Å²) < 4.78 is 11.5. The predicted molar refractivity (Wildman–Crippen MR) is 120 cm³/mol. The molecule has 0 aliphatic carbocycles. The Kier molecular flexibility index (Phi) is 5.70. The largest absolute Gasteiger partial charge is 0.493 e. The summed E-state index contributed by atoms with van der Waals surface area (Å²) in [6.45, 7) is 0.325. The third-order valence-corrected chi connectivity index (χ3v) is 6.03. The highest BCUT2D eigenvalue weighted by Crippen LogP contribution is 2.39. The van der Waals surface area contributed by atoms with Crippen LogP contribution in [0.4, 0.5) is 4.79 Å². The number of ether oxygens (including phenoxy) is 2. The van der Waals surface area contributed by atoms with Gasteiger partial charge in [0.2, 0.25) is 0 Å². The van der Waals surface area contributed by atoms with Crippen molar-refractivity contribution in [1.29, 1.82) is 0 Å². The quantitative estimate of drug-likeness (QED) is 0.474. The number of benzene rings is 3. The molecule has 0 unspecified atom stereocenters. The number of hydrogen-bond donors (Lipinski definition) is 0. The number of imide groups is 1. The molecule has 0 radical (unpaired) electrons. The Morgan fingerprint density at radius 2 is 1.87 bits per heavy atom. The zero-order valence-electron chi connectivity index (χ0n) is 16.3. The van der Waals surface area contributed by atoms with Crippen molar-refractivity contribution in [1.82, 2.24) is 4.90 Å². The Bertz CT molecular complexity index is 1190. The molecule has 0 spiro atoms.